The number of nitrogens with zero attached hydrogens (tertiary/aromatic N) is 2. The lowest BCUT2D eigenvalue weighted by Gasteiger charge is -2.12. The van der Waals surface area contributed by atoms with Crippen molar-refractivity contribution in [3.05, 3.63) is 62.2 Å². The number of thiophene rings is 1. The molecule has 3 aromatic rings. The molecule has 0 aliphatic carbocycles. The molecule has 0 amide bonds. The molecule has 0 unspecified atom stereocenters. The second-order valence-corrected chi connectivity index (χ2v) is 7.97. The van der Waals surface area contributed by atoms with E-state index in [4.69, 9.17) is 4.74 Å². The van der Waals surface area contributed by atoms with Crippen LogP contribution in [0.25, 0.3) is 10.8 Å². The van der Waals surface area contributed by atoms with Gasteiger partial charge < -0.3 is 4.74 Å². The molecule has 3 rings (SSSR count). The van der Waals surface area contributed by atoms with Gasteiger partial charge in [0, 0.05) is 16.8 Å². The number of rotatable bonds is 6. The van der Waals surface area contributed by atoms with Gasteiger partial charge >= 0.3 is 5.97 Å². The maximum absolute atomic E-state index is 12.6. The molecule has 27 heavy (non-hydrogen) atoms. The van der Waals surface area contributed by atoms with Crippen molar-refractivity contribution in [2.45, 2.75) is 27.3 Å². The first-order chi connectivity index (χ1) is 12.9. The number of ether oxygens (including phenoxy) is 1. The van der Waals surface area contributed by atoms with Crippen LogP contribution in [0.4, 0.5) is 0 Å². The summed E-state index contributed by atoms with van der Waals surface area (Å²) in [7, 11) is 0. The maximum Gasteiger partial charge on any atom is 0.359 e. The van der Waals surface area contributed by atoms with Crippen molar-refractivity contribution in [1.29, 1.82) is 0 Å². The minimum atomic E-state index is -0.717. The average Bonchev–Trinajstić information content (AvgIpc) is 3.08. The van der Waals surface area contributed by atoms with Crippen molar-refractivity contribution >= 4 is 33.9 Å². The molecule has 0 bridgehead atoms. The minimum Gasteiger partial charge on any atom is -0.452 e. The molecule has 0 aliphatic rings. The van der Waals surface area contributed by atoms with Crippen molar-refractivity contribution in [3.8, 4) is 0 Å². The zero-order chi connectivity index (χ0) is 19.6. The zero-order valence-corrected chi connectivity index (χ0v) is 16.2. The van der Waals surface area contributed by atoms with Crippen molar-refractivity contribution in [3.63, 3.8) is 0 Å². The first-order valence-electron chi connectivity index (χ1n) is 8.63. The molecule has 2 aromatic heterocycles. The quantitative estimate of drug-likeness (QED) is 0.480. The molecule has 0 saturated heterocycles. The molecule has 1 aromatic carbocycles. The molecule has 0 fully saturated rings. The minimum absolute atomic E-state index is 0.0426. The van der Waals surface area contributed by atoms with Gasteiger partial charge in [0.25, 0.3) is 5.56 Å². The summed E-state index contributed by atoms with van der Waals surface area (Å²) in [5.41, 5.74) is -0.206. The number of Topliss-reactive ketones (excluding diaryl/α,β-unsaturated/α-hetero) is 1. The molecule has 7 heteroatoms. The molecule has 0 atom stereocenters. The number of hydrogen-bond donors (Lipinski definition) is 0. The molecular weight excluding hydrogens is 364 g/mol. The van der Waals surface area contributed by atoms with E-state index in [0.717, 1.165) is 4.88 Å². The molecular formula is C20H20N2O4S. The predicted molar refractivity (Wildman–Crippen MR) is 105 cm³/mol. The van der Waals surface area contributed by atoms with Gasteiger partial charge in [0.1, 0.15) is 0 Å². The number of benzene rings is 1. The van der Waals surface area contributed by atoms with Gasteiger partial charge in [0.05, 0.1) is 10.3 Å². The number of ketones is 1. The SMILES string of the molecule is Cc1ccc(C(=O)COC(=O)c2nn(CC(C)C)c(=O)c3ccccc23)s1. The van der Waals surface area contributed by atoms with E-state index in [1.165, 1.54) is 16.0 Å². The first-order valence-corrected chi connectivity index (χ1v) is 9.45. The summed E-state index contributed by atoms with van der Waals surface area (Å²) in [4.78, 5) is 38.9. The Balaban J connectivity index is 1.90. The monoisotopic (exact) mass is 384 g/mol. The topological polar surface area (TPSA) is 78.3 Å². The van der Waals surface area contributed by atoms with Crippen molar-refractivity contribution in [2.75, 3.05) is 6.61 Å². The number of hydrogen-bond acceptors (Lipinski definition) is 6. The fraction of sp³-hybridized carbons (Fsp3) is 0.300. The predicted octanol–water partition coefficient (Wildman–Crippen LogP) is 3.46. The van der Waals surface area contributed by atoms with E-state index in [2.05, 4.69) is 5.10 Å². The number of aryl methyl sites for hydroxylation is 1. The van der Waals surface area contributed by atoms with Gasteiger partial charge in [-0.1, -0.05) is 32.0 Å². The zero-order valence-electron chi connectivity index (χ0n) is 15.4. The van der Waals surface area contributed by atoms with Crippen molar-refractivity contribution in [1.82, 2.24) is 9.78 Å². The Morgan fingerprint density at radius 1 is 1.15 bits per heavy atom. The molecule has 0 aliphatic heterocycles. The van der Waals surface area contributed by atoms with Crippen LogP contribution in [0.1, 0.15) is 38.9 Å². The lowest BCUT2D eigenvalue weighted by atomic mass is 10.1. The van der Waals surface area contributed by atoms with Crippen LogP contribution in [0.5, 0.6) is 0 Å². The Kier molecular flexibility index (Phi) is 5.51. The van der Waals surface area contributed by atoms with E-state index in [-0.39, 0.29) is 29.6 Å². The van der Waals surface area contributed by atoms with Crippen LogP contribution in [-0.4, -0.2) is 28.1 Å². The summed E-state index contributed by atoms with van der Waals surface area (Å²) >= 11 is 1.36. The number of aromatic nitrogens is 2. The Hall–Kier alpha value is -2.80. The van der Waals surface area contributed by atoms with Crippen molar-refractivity contribution in [2.24, 2.45) is 5.92 Å². The highest BCUT2D eigenvalue weighted by molar-refractivity contribution is 7.14. The Labute approximate surface area is 160 Å². The Morgan fingerprint density at radius 2 is 1.85 bits per heavy atom. The Morgan fingerprint density at radius 3 is 2.48 bits per heavy atom. The summed E-state index contributed by atoms with van der Waals surface area (Å²) in [6.07, 6.45) is 0. The highest BCUT2D eigenvalue weighted by Crippen LogP contribution is 2.17. The van der Waals surface area contributed by atoms with Gasteiger partial charge in [-0.05, 0) is 31.0 Å². The van der Waals surface area contributed by atoms with Gasteiger partial charge in [-0.25, -0.2) is 9.48 Å². The summed E-state index contributed by atoms with van der Waals surface area (Å²) in [5.74, 6) is -0.796. The normalized spacial score (nSPS) is 11.1. The van der Waals surface area contributed by atoms with Gasteiger partial charge in [-0.3, -0.25) is 9.59 Å². The fourth-order valence-corrected chi connectivity index (χ4v) is 3.50. The second-order valence-electron chi connectivity index (χ2n) is 6.68. The van der Waals surface area contributed by atoms with Crippen LogP contribution in [0.3, 0.4) is 0 Å². The molecule has 0 saturated carbocycles. The smallest absolute Gasteiger partial charge is 0.359 e. The van der Waals surface area contributed by atoms with Crippen molar-refractivity contribution < 1.29 is 14.3 Å². The average molecular weight is 384 g/mol. The largest absolute Gasteiger partial charge is 0.452 e. The van der Waals surface area contributed by atoms with Gasteiger partial charge in [0.2, 0.25) is 5.78 Å². The van der Waals surface area contributed by atoms with Crippen LogP contribution in [0.2, 0.25) is 0 Å². The lowest BCUT2D eigenvalue weighted by molar-refractivity contribution is 0.0469. The highest BCUT2D eigenvalue weighted by atomic mass is 32.1. The molecule has 2 heterocycles. The highest BCUT2D eigenvalue weighted by Gasteiger charge is 2.20. The maximum atomic E-state index is 12.6. The summed E-state index contributed by atoms with van der Waals surface area (Å²) in [5, 5.41) is 5.04. The van der Waals surface area contributed by atoms with Gasteiger partial charge in [-0.15, -0.1) is 11.3 Å². The fourth-order valence-electron chi connectivity index (χ4n) is 2.71. The van der Waals surface area contributed by atoms with Crippen LogP contribution >= 0.6 is 11.3 Å². The van der Waals surface area contributed by atoms with Crippen LogP contribution < -0.4 is 5.56 Å². The number of carbonyl (C=O) groups is 2. The lowest BCUT2D eigenvalue weighted by Crippen LogP contribution is -2.28. The van der Waals surface area contributed by atoms with Gasteiger partial charge in [-0.2, -0.15) is 5.10 Å². The third-order valence-electron chi connectivity index (χ3n) is 3.95. The van der Waals surface area contributed by atoms with Gasteiger partial charge in [0.15, 0.2) is 12.3 Å². The molecule has 0 spiro atoms. The summed E-state index contributed by atoms with van der Waals surface area (Å²) < 4.78 is 6.49. The van der Waals surface area contributed by atoms with Crippen LogP contribution in [0, 0.1) is 12.8 Å². The van der Waals surface area contributed by atoms with E-state index < -0.39 is 5.97 Å². The van der Waals surface area contributed by atoms with Crippen LogP contribution in [0.15, 0.2) is 41.2 Å². The first kappa shape index (κ1) is 19.0. The molecule has 0 radical (unpaired) electrons. The molecule has 0 N–H and O–H groups in total. The third-order valence-corrected chi connectivity index (χ3v) is 4.99. The van der Waals surface area contributed by atoms with E-state index in [1.54, 1.807) is 30.3 Å². The van der Waals surface area contributed by atoms with Crippen LogP contribution in [-0.2, 0) is 11.3 Å². The van der Waals surface area contributed by atoms with E-state index in [0.29, 0.717) is 22.2 Å². The Bertz CT molecular complexity index is 1070. The number of carbonyl (C=O) groups excluding carboxylic acids is 2. The summed E-state index contributed by atoms with van der Waals surface area (Å²) in [6, 6.07) is 10.3. The molecule has 140 valence electrons. The standard InChI is InChI=1S/C20H20N2O4S/c1-12(2)10-22-19(24)15-7-5-4-6-14(15)18(21-22)20(25)26-11-16(23)17-9-8-13(3)27-17/h4-9,12H,10-11H2,1-3H3. The van der Waals surface area contributed by atoms with E-state index in [1.807, 2.05) is 26.8 Å². The van der Waals surface area contributed by atoms with E-state index in [9.17, 15) is 14.4 Å². The van der Waals surface area contributed by atoms with E-state index >= 15 is 0 Å². The summed E-state index contributed by atoms with van der Waals surface area (Å²) in [6.45, 7) is 5.85. The number of fused-ring (bicyclic) bond motifs is 1. The second kappa shape index (κ2) is 7.84. The number of esters is 1. The third kappa shape index (κ3) is 4.14. The molecule has 6 nitrogen and oxygen atoms in total.